The highest BCUT2D eigenvalue weighted by atomic mass is 16.5. The van der Waals surface area contributed by atoms with E-state index in [2.05, 4.69) is 19.9 Å². The Hall–Kier alpha value is -1.02. The first-order valence-electron chi connectivity index (χ1n) is 7.11. The van der Waals surface area contributed by atoms with Crippen molar-refractivity contribution in [3.8, 4) is 5.75 Å². The molecule has 18 heavy (non-hydrogen) atoms. The largest absolute Gasteiger partial charge is 0.496 e. The lowest BCUT2D eigenvalue weighted by Gasteiger charge is -2.21. The van der Waals surface area contributed by atoms with E-state index in [1.54, 1.807) is 7.11 Å². The van der Waals surface area contributed by atoms with Gasteiger partial charge in [0.25, 0.3) is 0 Å². The maximum atomic E-state index is 6.34. The van der Waals surface area contributed by atoms with E-state index in [9.17, 15) is 0 Å². The van der Waals surface area contributed by atoms with Crippen LogP contribution in [-0.2, 0) is 0 Å². The number of methoxy groups -OCH3 is 1. The van der Waals surface area contributed by atoms with Crippen molar-refractivity contribution < 1.29 is 4.74 Å². The lowest BCUT2D eigenvalue weighted by atomic mass is 9.89. The van der Waals surface area contributed by atoms with Crippen molar-refractivity contribution in [2.75, 3.05) is 7.11 Å². The second-order valence-corrected chi connectivity index (χ2v) is 5.00. The highest BCUT2D eigenvalue weighted by molar-refractivity contribution is 5.35. The Morgan fingerprint density at radius 2 is 1.94 bits per heavy atom. The molecule has 2 N–H and O–H groups in total. The minimum absolute atomic E-state index is 0.0861. The van der Waals surface area contributed by atoms with Gasteiger partial charge in [0, 0.05) is 11.6 Å². The van der Waals surface area contributed by atoms with Crippen LogP contribution < -0.4 is 10.5 Å². The van der Waals surface area contributed by atoms with Crippen LogP contribution in [-0.4, -0.2) is 7.11 Å². The minimum atomic E-state index is 0.0861. The number of ether oxygens (including phenoxy) is 1. The van der Waals surface area contributed by atoms with Crippen LogP contribution in [0.1, 0.15) is 57.6 Å². The summed E-state index contributed by atoms with van der Waals surface area (Å²) in [6.07, 6.45) is 6.12. The van der Waals surface area contributed by atoms with E-state index >= 15 is 0 Å². The number of para-hydroxylation sites is 1. The normalized spacial score (nSPS) is 14.2. The number of hydrogen-bond acceptors (Lipinski definition) is 2. The van der Waals surface area contributed by atoms with Crippen molar-refractivity contribution in [1.29, 1.82) is 0 Å². The molecule has 0 saturated carbocycles. The van der Waals surface area contributed by atoms with Crippen LogP contribution in [0.15, 0.2) is 24.3 Å². The van der Waals surface area contributed by atoms with Crippen LogP contribution in [0.4, 0.5) is 0 Å². The average Bonchev–Trinajstić information content (AvgIpc) is 2.43. The summed E-state index contributed by atoms with van der Waals surface area (Å²) >= 11 is 0. The molecule has 2 atom stereocenters. The molecule has 0 spiro atoms. The van der Waals surface area contributed by atoms with Gasteiger partial charge in [0.2, 0.25) is 0 Å². The monoisotopic (exact) mass is 249 g/mol. The van der Waals surface area contributed by atoms with Crippen LogP contribution in [0.2, 0.25) is 0 Å². The van der Waals surface area contributed by atoms with E-state index < -0.39 is 0 Å². The lowest BCUT2D eigenvalue weighted by molar-refractivity contribution is 0.371. The maximum absolute atomic E-state index is 6.34. The Bertz CT molecular complexity index is 338. The van der Waals surface area contributed by atoms with Crippen LogP contribution in [0.5, 0.6) is 5.75 Å². The zero-order valence-electron chi connectivity index (χ0n) is 12.0. The molecule has 1 rings (SSSR count). The Morgan fingerprint density at radius 1 is 1.22 bits per heavy atom. The van der Waals surface area contributed by atoms with Crippen molar-refractivity contribution in [3.05, 3.63) is 29.8 Å². The summed E-state index contributed by atoms with van der Waals surface area (Å²) < 4.78 is 5.38. The summed E-state index contributed by atoms with van der Waals surface area (Å²) in [6, 6.07) is 8.18. The van der Waals surface area contributed by atoms with Gasteiger partial charge in [-0.3, -0.25) is 0 Å². The molecule has 0 heterocycles. The predicted octanol–water partition coefficient (Wildman–Crippen LogP) is 4.30. The van der Waals surface area contributed by atoms with E-state index in [1.807, 2.05) is 18.2 Å². The zero-order valence-corrected chi connectivity index (χ0v) is 12.0. The number of hydrogen-bond donors (Lipinski definition) is 1. The second kappa shape index (κ2) is 8.15. The molecule has 0 radical (unpaired) electrons. The highest BCUT2D eigenvalue weighted by Crippen LogP contribution is 2.30. The van der Waals surface area contributed by atoms with Crippen molar-refractivity contribution in [2.45, 2.75) is 52.0 Å². The van der Waals surface area contributed by atoms with Gasteiger partial charge in [-0.15, -0.1) is 0 Å². The van der Waals surface area contributed by atoms with Crippen LogP contribution >= 0.6 is 0 Å². The number of nitrogens with two attached hydrogens (primary N) is 1. The summed E-state index contributed by atoms with van der Waals surface area (Å²) in [4.78, 5) is 0. The smallest absolute Gasteiger partial charge is 0.123 e. The Kier molecular flexibility index (Phi) is 6.81. The topological polar surface area (TPSA) is 35.2 Å². The summed E-state index contributed by atoms with van der Waals surface area (Å²) in [6.45, 7) is 4.50. The lowest BCUT2D eigenvalue weighted by Crippen LogP contribution is -2.16. The van der Waals surface area contributed by atoms with Gasteiger partial charge in [0.1, 0.15) is 5.75 Å². The molecule has 1 aromatic rings. The Balaban J connectivity index is 2.65. The van der Waals surface area contributed by atoms with Crippen molar-refractivity contribution in [3.63, 3.8) is 0 Å². The average molecular weight is 249 g/mol. The molecular weight excluding hydrogens is 222 g/mol. The predicted molar refractivity (Wildman–Crippen MR) is 77.8 cm³/mol. The quantitative estimate of drug-likeness (QED) is 0.745. The fourth-order valence-electron chi connectivity index (χ4n) is 2.44. The van der Waals surface area contributed by atoms with Crippen molar-refractivity contribution in [2.24, 2.45) is 11.7 Å². The SMILES string of the molecule is CCCCC(CC)CC(N)c1ccccc1OC. The van der Waals surface area contributed by atoms with Crippen LogP contribution in [0.25, 0.3) is 0 Å². The molecule has 0 bridgehead atoms. The third kappa shape index (κ3) is 4.34. The van der Waals surface area contributed by atoms with Crippen LogP contribution in [0, 0.1) is 5.92 Å². The first-order valence-corrected chi connectivity index (χ1v) is 7.11. The van der Waals surface area contributed by atoms with Gasteiger partial charge < -0.3 is 10.5 Å². The van der Waals surface area contributed by atoms with Crippen LogP contribution in [0.3, 0.4) is 0 Å². The molecule has 0 aliphatic heterocycles. The van der Waals surface area contributed by atoms with E-state index in [0.29, 0.717) is 0 Å². The molecule has 2 nitrogen and oxygen atoms in total. The summed E-state index contributed by atoms with van der Waals surface area (Å²) in [7, 11) is 1.71. The number of benzene rings is 1. The first kappa shape index (κ1) is 15.0. The van der Waals surface area contributed by atoms with Gasteiger partial charge in [0.05, 0.1) is 7.11 Å². The van der Waals surface area contributed by atoms with Crippen molar-refractivity contribution >= 4 is 0 Å². The Morgan fingerprint density at radius 3 is 2.56 bits per heavy atom. The molecule has 2 unspecified atom stereocenters. The Labute approximate surface area is 112 Å². The molecule has 102 valence electrons. The van der Waals surface area contributed by atoms with E-state index in [4.69, 9.17) is 10.5 Å². The molecule has 0 aliphatic rings. The molecule has 0 aliphatic carbocycles. The minimum Gasteiger partial charge on any atom is -0.496 e. The number of unbranched alkanes of at least 4 members (excludes halogenated alkanes) is 1. The van der Waals surface area contributed by atoms with E-state index in [-0.39, 0.29) is 6.04 Å². The van der Waals surface area contributed by atoms with Gasteiger partial charge in [0.15, 0.2) is 0 Å². The molecule has 0 amide bonds. The van der Waals surface area contributed by atoms with Gasteiger partial charge in [-0.05, 0) is 18.4 Å². The zero-order chi connectivity index (χ0) is 13.4. The van der Waals surface area contributed by atoms with Gasteiger partial charge >= 0.3 is 0 Å². The van der Waals surface area contributed by atoms with Gasteiger partial charge in [-0.1, -0.05) is 57.7 Å². The molecule has 0 aromatic heterocycles. The third-order valence-corrected chi connectivity index (χ3v) is 3.67. The van der Waals surface area contributed by atoms with Crippen molar-refractivity contribution in [1.82, 2.24) is 0 Å². The standard InChI is InChI=1S/C16H27NO/c1-4-6-9-13(5-2)12-15(17)14-10-7-8-11-16(14)18-3/h7-8,10-11,13,15H,4-6,9,12,17H2,1-3H3. The maximum Gasteiger partial charge on any atom is 0.123 e. The molecule has 1 aromatic carbocycles. The summed E-state index contributed by atoms with van der Waals surface area (Å²) in [5.41, 5.74) is 7.47. The number of rotatable bonds is 8. The summed E-state index contributed by atoms with van der Waals surface area (Å²) in [5.74, 6) is 1.64. The van der Waals surface area contributed by atoms with E-state index in [1.165, 1.54) is 25.7 Å². The highest BCUT2D eigenvalue weighted by Gasteiger charge is 2.16. The summed E-state index contributed by atoms with van der Waals surface area (Å²) in [5, 5.41) is 0. The first-order chi connectivity index (χ1) is 8.72. The molecular formula is C16H27NO. The molecule has 2 heteroatoms. The third-order valence-electron chi connectivity index (χ3n) is 3.67. The molecule has 0 fully saturated rings. The fraction of sp³-hybridized carbons (Fsp3) is 0.625. The van der Waals surface area contributed by atoms with E-state index in [0.717, 1.165) is 23.7 Å². The van der Waals surface area contributed by atoms with Gasteiger partial charge in [-0.2, -0.15) is 0 Å². The molecule has 0 saturated heterocycles. The second-order valence-electron chi connectivity index (χ2n) is 5.00. The fourth-order valence-corrected chi connectivity index (χ4v) is 2.44. The van der Waals surface area contributed by atoms with Gasteiger partial charge in [-0.25, -0.2) is 0 Å².